The second kappa shape index (κ2) is 9.63. The van der Waals surface area contributed by atoms with Crippen molar-refractivity contribution >= 4 is 26.9 Å². The number of anilines is 1. The Balaban J connectivity index is 1.61. The van der Waals surface area contributed by atoms with E-state index in [2.05, 4.69) is 14.7 Å². The Hall–Kier alpha value is -4.71. The van der Waals surface area contributed by atoms with Crippen LogP contribution in [-0.2, 0) is 10.0 Å². The smallest absolute Gasteiger partial charge is 0.264 e. The molecule has 0 aliphatic rings. The molecule has 3 aromatic carbocycles. The van der Waals surface area contributed by atoms with Crippen LogP contribution in [0, 0.1) is 17.5 Å². The van der Waals surface area contributed by atoms with E-state index in [0.717, 1.165) is 18.5 Å². The van der Waals surface area contributed by atoms with E-state index in [9.17, 15) is 22.0 Å². The molecule has 8 nitrogen and oxygen atoms in total. The minimum absolute atomic E-state index is 0.0832. The van der Waals surface area contributed by atoms with Gasteiger partial charge in [-0.2, -0.15) is 0 Å². The van der Waals surface area contributed by atoms with Crippen molar-refractivity contribution in [3.05, 3.63) is 107 Å². The van der Waals surface area contributed by atoms with Gasteiger partial charge in [-0.3, -0.25) is 9.36 Å². The molecule has 0 bridgehead atoms. The lowest BCUT2D eigenvalue weighted by molar-refractivity contribution is 0.412. The van der Waals surface area contributed by atoms with Crippen LogP contribution in [0.25, 0.3) is 27.7 Å². The fourth-order valence-corrected chi connectivity index (χ4v) is 4.91. The number of pyridine rings is 1. The highest BCUT2D eigenvalue weighted by atomic mass is 32.2. The van der Waals surface area contributed by atoms with Gasteiger partial charge in [0.25, 0.3) is 15.6 Å². The Morgan fingerprint density at radius 2 is 1.58 bits per heavy atom. The van der Waals surface area contributed by atoms with Gasteiger partial charge in [0.2, 0.25) is 5.95 Å². The van der Waals surface area contributed by atoms with Crippen LogP contribution in [-0.4, -0.2) is 30.1 Å². The molecule has 5 rings (SSSR count). The predicted molar refractivity (Wildman–Crippen MR) is 134 cm³/mol. The van der Waals surface area contributed by atoms with Crippen LogP contribution in [0.1, 0.15) is 0 Å². The monoisotopic (exact) mass is 538 g/mol. The Kier molecular flexibility index (Phi) is 6.33. The number of methoxy groups -OCH3 is 1. The standard InChI is InChI=1S/C26H17F3N4O4S/c1-37-24-11-20(15-2-5-17(27)6-3-15)21(29)12-23(24)33-22-8-7-19(10-16(22)4-9-25(33)34)38(35,36)32-26-30-13-18(28)14-31-26/h2-14H,1H3,(H,30,31,32). The van der Waals surface area contributed by atoms with Crippen LogP contribution in [0.2, 0.25) is 0 Å². The average Bonchev–Trinajstić information content (AvgIpc) is 2.90. The largest absolute Gasteiger partial charge is 0.495 e. The van der Waals surface area contributed by atoms with Crippen molar-refractivity contribution in [1.29, 1.82) is 0 Å². The molecule has 0 radical (unpaired) electrons. The number of ether oxygens (including phenoxy) is 1. The number of sulfonamides is 1. The van der Waals surface area contributed by atoms with Gasteiger partial charge >= 0.3 is 0 Å². The fourth-order valence-electron chi connectivity index (χ4n) is 3.92. The average molecular weight is 539 g/mol. The molecule has 0 spiro atoms. The summed E-state index contributed by atoms with van der Waals surface area (Å²) in [5, 5.41) is 0.345. The summed E-state index contributed by atoms with van der Waals surface area (Å²) in [6.45, 7) is 0. The third-order valence-corrected chi connectivity index (χ3v) is 7.01. The number of halogens is 3. The number of nitrogens with zero attached hydrogens (tertiary/aromatic N) is 3. The lowest BCUT2D eigenvalue weighted by Crippen LogP contribution is -2.19. The molecule has 0 atom stereocenters. The molecule has 0 aliphatic heterocycles. The number of hydrogen-bond acceptors (Lipinski definition) is 6. The first-order valence-electron chi connectivity index (χ1n) is 11.0. The molecule has 0 amide bonds. The first kappa shape index (κ1) is 25.0. The van der Waals surface area contributed by atoms with Crippen LogP contribution < -0.4 is 15.0 Å². The zero-order valence-corrected chi connectivity index (χ0v) is 20.3. The van der Waals surface area contributed by atoms with Crippen molar-refractivity contribution in [2.75, 3.05) is 11.8 Å². The maximum atomic E-state index is 15.2. The highest BCUT2D eigenvalue weighted by Crippen LogP contribution is 2.33. The van der Waals surface area contributed by atoms with E-state index in [4.69, 9.17) is 4.74 Å². The van der Waals surface area contributed by atoms with Gasteiger partial charge in [-0.15, -0.1) is 0 Å². The van der Waals surface area contributed by atoms with E-state index in [0.29, 0.717) is 10.9 Å². The minimum atomic E-state index is -4.16. The number of hydrogen-bond donors (Lipinski definition) is 1. The molecule has 0 fully saturated rings. The van der Waals surface area contributed by atoms with E-state index >= 15 is 4.39 Å². The first-order chi connectivity index (χ1) is 18.2. The third-order valence-electron chi connectivity index (χ3n) is 5.69. The molecule has 38 heavy (non-hydrogen) atoms. The van der Waals surface area contributed by atoms with Gasteiger partial charge in [0.05, 0.1) is 35.6 Å². The maximum Gasteiger partial charge on any atom is 0.264 e. The highest BCUT2D eigenvalue weighted by Gasteiger charge is 2.20. The summed E-state index contributed by atoms with van der Waals surface area (Å²) in [5.41, 5.74) is 0.396. The van der Waals surface area contributed by atoms with Gasteiger partial charge < -0.3 is 4.74 Å². The van der Waals surface area contributed by atoms with E-state index in [1.165, 1.54) is 72.3 Å². The van der Waals surface area contributed by atoms with E-state index in [1.54, 1.807) is 0 Å². The predicted octanol–water partition coefficient (Wildman–Crippen LogP) is 4.67. The molecule has 0 saturated heterocycles. The first-order valence-corrected chi connectivity index (χ1v) is 12.4. The molecule has 1 N–H and O–H groups in total. The Labute approximate surface area is 214 Å². The summed E-state index contributed by atoms with van der Waals surface area (Å²) < 4.78 is 76.1. The van der Waals surface area contributed by atoms with Crippen molar-refractivity contribution < 1.29 is 26.3 Å². The summed E-state index contributed by atoms with van der Waals surface area (Å²) in [4.78, 5) is 19.9. The SMILES string of the molecule is COc1cc(-c2ccc(F)cc2)c(F)cc1-n1c(=O)ccc2cc(S(=O)(=O)Nc3ncc(F)cn3)ccc21. The second-order valence-corrected chi connectivity index (χ2v) is 9.75. The minimum Gasteiger partial charge on any atom is -0.495 e. The Morgan fingerprint density at radius 3 is 2.26 bits per heavy atom. The molecule has 0 saturated carbocycles. The quantitative estimate of drug-likeness (QED) is 0.337. The van der Waals surface area contributed by atoms with Crippen molar-refractivity contribution in [2.24, 2.45) is 0 Å². The molecule has 2 heterocycles. The molecule has 5 aromatic rings. The zero-order chi connectivity index (χ0) is 27.0. The molecule has 192 valence electrons. The van der Waals surface area contributed by atoms with Crippen LogP contribution in [0.5, 0.6) is 5.75 Å². The summed E-state index contributed by atoms with van der Waals surface area (Å²) >= 11 is 0. The lowest BCUT2D eigenvalue weighted by atomic mass is 10.0. The lowest BCUT2D eigenvalue weighted by Gasteiger charge is -2.16. The third kappa shape index (κ3) is 4.68. The summed E-state index contributed by atoms with van der Waals surface area (Å²) in [7, 11) is -2.80. The van der Waals surface area contributed by atoms with Crippen LogP contribution in [0.3, 0.4) is 0 Å². The van der Waals surface area contributed by atoms with Gasteiger partial charge in [0.1, 0.15) is 17.4 Å². The van der Waals surface area contributed by atoms with Crippen LogP contribution in [0.15, 0.2) is 88.8 Å². The van der Waals surface area contributed by atoms with Crippen LogP contribution in [0.4, 0.5) is 19.1 Å². The number of rotatable bonds is 6. The normalized spacial score (nSPS) is 11.5. The molecular weight excluding hydrogens is 521 g/mol. The van der Waals surface area contributed by atoms with Gasteiger partial charge in [0, 0.05) is 23.1 Å². The topological polar surface area (TPSA) is 103 Å². The number of fused-ring (bicyclic) bond motifs is 1. The van der Waals surface area contributed by atoms with Crippen molar-refractivity contribution in [1.82, 2.24) is 14.5 Å². The highest BCUT2D eigenvalue weighted by molar-refractivity contribution is 7.92. The van der Waals surface area contributed by atoms with E-state index in [1.807, 2.05) is 0 Å². The molecule has 2 aromatic heterocycles. The fraction of sp³-hybridized carbons (Fsp3) is 0.0385. The van der Waals surface area contributed by atoms with Crippen molar-refractivity contribution in [3.63, 3.8) is 0 Å². The summed E-state index contributed by atoms with van der Waals surface area (Å²) in [6, 6.07) is 14.4. The van der Waals surface area contributed by atoms with Gasteiger partial charge in [-0.05, 0) is 48.0 Å². The number of aromatic nitrogens is 3. The van der Waals surface area contributed by atoms with Gasteiger partial charge in [-0.25, -0.2) is 36.3 Å². The Bertz CT molecular complexity index is 1840. The molecular formula is C26H17F3N4O4S. The van der Waals surface area contributed by atoms with Crippen LogP contribution >= 0.6 is 0 Å². The second-order valence-electron chi connectivity index (χ2n) is 8.07. The maximum absolute atomic E-state index is 15.2. The molecule has 12 heteroatoms. The Morgan fingerprint density at radius 1 is 0.868 bits per heavy atom. The number of benzene rings is 3. The molecule has 0 unspecified atom stereocenters. The van der Waals surface area contributed by atoms with Crippen molar-refractivity contribution in [2.45, 2.75) is 4.90 Å². The van der Waals surface area contributed by atoms with Gasteiger partial charge in [0.15, 0.2) is 5.82 Å². The number of nitrogens with one attached hydrogen (secondary N) is 1. The summed E-state index contributed by atoms with van der Waals surface area (Å²) in [6.07, 6.45) is 1.63. The van der Waals surface area contributed by atoms with E-state index in [-0.39, 0.29) is 33.4 Å². The van der Waals surface area contributed by atoms with E-state index < -0.39 is 33.0 Å². The zero-order valence-electron chi connectivity index (χ0n) is 19.5. The summed E-state index contributed by atoms with van der Waals surface area (Å²) in [5.74, 6) is -2.04. The van der Waals surface area contributed by atoms with Crippen molar-refractivity contribution in [3.8, 4) is 22.6 Å². The van der Waals surface area contributed by atoms with Gasteiger partial charge in [-0.1, -0.05) is 12.1 Å². The molecule has 0 aliphatic carbocycles.